The number of amides is 1. The highest BCUT2D eigenvalue weighted by molar-refractivity contribution is 5.99. The molecule has 4 nitrogen and oxygen atoms in total. The molecule has 2 aliphatic rings. The van der Waals surface area contributed by atoms with Crippen LogP contribution in [0.1, 0.15) is 53.7 Å². The standard InChI is InChI=1S/C17H25N3O/c1-11-9-12(2)19-17(15(11)16(18)21)20-8-7-13-5-3-4-6-14(13)10-20/h9,13-14H,3-8,10H2,1-2H3,(H2,18,21)/t13-,14-/m0/s1. The first-order valence-electron chi connectivity index (χ1n) is 8.09. The number of nitrogens with two attached hydrogens (primary N) is 1. The van der Waals surface area contributed by atoms with E-state index < -0.39 is 0 Å². The third-order valence-electron chi connectivity index (χ3n) is 5.16. The van der Waals surface area contributed by atoms with Crippen LogP contribution in [-0.2, 0) is 0 Å². The number of primary amides is 1. The van der Waals surface area contributed by atoms with E-state index in [2.05, 4.69) is 9.88 Å². The van der Waals surface area contributed by atoms with Crippen LogP contribution in [0.15, 0.2) is 6.07 Å². The molecule has 2 N–H and O–H groups in total. The maximum absolute atomic E-state index is 11.8. The maximum Gasteiger partial charge on any atom is 0.252 e. The first-order valence-corrected chi connectivity index (χ1v) is 8.09. The predicted molar refractivity (Wildman–Crippen MR) is 84.5 cm³/mol. The van der Waals surface area contributed by atoms with Gasteiger partial charge in [0.1, 0.15) is 5.82 Å². The van der Waals surface area contributed by atoms with Crippen molar-refractivity contribution in [3.8, 4) is 0 Å². The Morgan fingerprint density at radius 2 is 1.95 bits per heavy atom. The number of anilines is 1. The Morgan fingerprint density at radius 1 is 1.24 bits per heavy atom. The van der Waals surface area contributed by atoms with Crippen LogP contribution in [0.4, 0.5) is 5.82 Å². The number of hydrogen-bond acceptors (Lipinski definition) is 3. The number of carbonyl (C=O) groups is 1. The van der Waals surface area contributed by atoms with E-state index in [1.165, 1.54) is 32.1 Å². The second-order valence-corrected chi connectivity index (χ2v) is 6.68. The average molecular weight is 287 g/mol. The largest absolute Gasteiger partial charge is 0.365 e. The molecule has 2 atom stereocenters. The summed E-state index contributed by atoms with van der Waals surface area (Å²) in [4.78, 5) is 18.8. The second kappa shape index (κ2) is 5.66. The van der Waals surface area contributed by atoms with Gasteiger partial charge in [-0.05, 0) is 50.2 Å². The SMILES string of the molecule is Cc1cc(C)c(C(N)=O)c(N2CC[C@@H]3CCCC[C@H]3C2)n1. The topological polar surface area (TPSA) is 59.2 Å². The van der Waals surface area contributed by atoms with Crippen LogP contribution in [0.5, 0.6) is 0 Å². The van der Waals surface area contributed by atoms with Crippen LogP contribution in [0.2, 0.25) is 0 Å². The van der Waals surface area contributed by atoms with Crippen molar-refractivity contribution in [3.05, 3.63) is 22.9 Å². The molecule has 2 fully saturated rings. The summed E-state index contributed by atoms with van der Waals surface area (Å²) < 4.78 is 0. The molecule has 0 bridgehead atoms. The molecule has 1 amide bonds. The monoisotopic (exact) mass is 287 g/mol. The minimum absolute atomic E-state index is 0.360. The number of pyridine rings is 1. The number of aryl methyl sites for hydroxylation is 2. The van der Waals surface area contributed by atoms with Crippen molar-refractivity contribution in [1.82, 2.24) is 4.98 Å². The van der Waals surface area contributed by atoms with E-state index in [0.717, 1.165) is 42.0 Å². The average Bonchev–Trinajstić information content (AvgIpc) is 2.45. The fourth-order valence-electron chi connectivity index (χ4n) is 4.14. The number of hydrogen-bond donors (Lipinski definition) is 1. The van der Waals surface area contributed by atoms with E-state index >= 15 is 0 Å². The van der Waals surface area contributed by atoms with E-state index in [4.69, 9.17) is 5.73 Å². The summed E-state index contributed by atoms with van der Waals surface area (Å²) in [6.45, 7) is 5.96. The Labute approximate surface area is 126 Å². The summed E-state index contributed by atoms with van der Waals surface area (Å²) in [6.07, 6.45) is 6.64. The van der Waals surface area contributed by atoms with E-state index in [1.54, 1.807) is 0 Å². The van der Waals surface area contributed by atoms with Crippen molar-refractivity contribution in [2.24, 2.45) is 17.6 Å². The minimum Gasteiger partial charge on any atom is -0.365 e. The first-order chi connectivity index (χ1) is 10.1. The fourth-order valence-corrected chi connectivity index (χ4v) is 4.14. The lowest BCUT2D eigenvalue weighted by molar-refractivity contribution is 0.0999. The molecule has 1 aromatic heterocycles. The first kappa shape index (κ1) is 14.4. The minimum atomic E-state index is -0.360. The van der Waals surface area contributed by atoms with Crippen molar-refractivity contribution in [2.75, 3.05) is 18.0 Å². The van der Waals surface area contributed by atoms with Crippen molar-refractivity contribution in [1.29, 1.82) is 0 Å². The Kier molecular flexibility index (Phi) is 3.87. The van der Waals surface area contributed by atoms with Gasteiger partial charge < -0.3 is 10.6 Å². The third kappa shape index (κ3) is 2.76. The van der Waals surface area contributed by atoms with Gasteiger partial charge in [-0.15, -0.1) is 0 Å². The van der Waals surface area contributed by atoms with Gasteiger partial charge in [0.15, 0.2) is 0 Å². The molecular formula is C17H25N3O. The lowest BCUT2D eigenvalue weighted by Gasteiger charge is -2.42. The highest BCUT2D eigenvalue weighted by atomic mass is 16.1. The van der Waals surface area contributed by atoms with E-state index in [0.29, 0.717) is 5.56 Å². The molecule has 1 aliphatic heterocycles. The van der Waals surface area contributed by atoms with Gasteiger partial charge in [0, 0.05) is 18.8 Å². The van der Waals surface area contributed by atoms with Gasteiger partial charge in [-0.2, -0.15) is 0 Å². The molecule has 114 valence electrons. The Morgan fingerprint density at radius 3 is 2.67 bits per heavy atom. The number of aromatic nitrogens is 1. The van der Waals surface area contributed by atoms with Crippen LogP contribution >= 0.6 is 0 Å². The number of fused-ring (bicyclic) bond motifs is 1. The molecule has 1 aromatic rings. The molecule has 3 rings (SSSR count). The Hall–Kier alpha value is -1.58. The summed E-state index contributed by atoms with van der Waals surface area (Å²) >= 11 is 0. The molecule has 1 aliphatic carbocycles. The lowest BCUT2D eigenvalue weighted by Crippen LogP contribution is -2.43. The molecule has 2 heterocycles. The van der Waals surface area contributed by atoms with E-state index in [-0.39, 0.29) is 5.91 Å². The van der Waals surface area contributed by atoms with Crippen molar-refractivity contribution < 1.29 is 4.79 Å². The van der Waals surface area contributed by atoms with Crippen LogP contribution < -0.4 is 10.6 Å². The summed E-state index contributed by atoms with van der Waals surface area (Å²) in [6, 6.07) is 1.94. The zero-order chi connectivity index (χ0) is 15.0. The lowest BCUT2D eigenvalue weighted by atomic mass is 9.75. The van der Waals surface area contributed by atoms with Gasteiger partial charge in [-0.25, -0.2) is 4.98 Å². The van der Waals surface area contributed by atoms with Gasteiger partial charge in [0.25, 0.3) is 5.91 Å². The molecule has 1 saturated heterocycles. The Bertz CT molecular complexity index is 555. The van der Waals surface area contributed by atoms with Crippen LogP contribution in [0, 0.1) is 25.7 Å². The molecule has 0 aromatic carbocycles. The number of carbonyl (C=O) groups excluding carboxylic acids is 1. The predicted octanol–water partition coefficient (Wildman–Crippen LogP) is 2.81. The number of piperidine rings is 1. The quantitative estimate of drug-likeness (QED) is 0.910. The second-order valence-electron chi connectivity index (χ2n) is 6.68. The third-order valence-corrected chi connectivity index (χ3v) is 5.16. The van der Waals surface area contributed by atoms with E-state index in [1.807, 2.05) is 19.9 Å². The highest BCUT2D eigenvalue weighted by Gasteiger charge is 2.33. The Balaban J connectivity index is 1.91. The highest BCUT2D eigenvalue weighted by Crippen LogP contribution is 2.38. The summed E-state index contributed by atoms with van der Waals surface area (Å²) in [5, 5.41) is 0. The summed E-state index contributed by atoms with van der Waals surface area (Å²) in [5.74, 6) is 2.08. The van der Waals surface area contributed by atoms with Crippen molar-refractivity contribution in [3.63, 3.8) is 0 Å². The molecular weight excluding hydrogens is 262 g/mol. The van der Waals surface area contributed by atoms with Crippen molar-refractivity contribution >= 4 is 11.7 Å². The normalized spacial score (nSPS) is 25.5. The van der Waals surface area contributed by atoms with Gasteiger partial charge in [0.2, 0.25) is 0 Å². The molecule has 21 heavy (non-hydrogen) atoms. The maximum atomic E-state index is 11.8. The number of rotatable bonds is 2. The van der Waals surface area contributed by atoms with Crippen LogP contribution in [0.3, 0.4) is 0 Å². The summed E-state index contributed by atoms with van der Waals surface area (Å²) in [5.41, 5.74) is 8.10. The summed E-state index contributed by atoms with van der Waals surface area (Å²) in [7, 11) is 0. The van der Waals surface area contributed by atoms with Gasteiger partial charge in [-0.3, -0.25) is 4.79 Å². The fraction of sp³-hybridized carbons (Fsp3) is 0.647. The van der Waals surface area contributed by atoms with E-state index in [9.17, 15) is 4.79 Å². The molecule has 4 heteroatoms. The molecule has 0 radical (unpaired) electrons. The molecule has 1 saturated carbocycles. The van der Waals surface area contributed by atoms with Crippen LogP contribution in [-0.4, -0.2) is 24.0 Å². The smallest absolute Gasteiger partial charge is 0.252 e. The zero-order valence-electron chi connectivity index (χ0n) is 13.1. The molecule has 0 unspecified atom stereocenters. The van der Waals surface area contributed by atoms with Gasteiger partial charge in [0.05, 0.1) is 5.56 Å². The van der Waals surface area contributed by atoms with Gasteiger partial charge in [-0.1, -0.05) is 19.3 Å². The zero-order valence-corrected chi connectivity index (χ0v) is 13.1. The van der Waals surface area contributed by atoms with Crippen LogP contribution in [0.25, 0.3) is 0 Å². The number of nitrogens with zero attached hydrogens (tertiary/aromatic N) is 2. The van der Waals surface area contributed by atoms with Crippen molar-refractivity contribution in [2.45, 2.75) is 46.0 Å². The molecule has 0 spiro atoms. The van der Waals surface area contributed by atoms with Gasteiger partial charge >= 0.3 is 0 Å².